The topological polar surface area (TPSA) is 189 Å². The number of fused-ring (bicyclic) bond motifs is 2. The lowest BCUT2D eigenvalue weighted by molar-refractivity contribution is -0.148. The van der Waals surface area contributed by atoms with Crippen molar-refractivity contribution in [1.82, 2.24) is 25.5 Å². The number of hydrogen-bond donors (Lipinski definition) is 3. The molecule has 3 aromatic rings. The normalized spacial score (nSPS) is 25.6. The van der Waals surface area contributed by atoms with Gasteiger partial charge in [-0.1, -0.05) is 45.7 Å². The SMILES string of the molecule is CC[C@@H]1C[C@]1(NC(=O)[C@@H]1C[C@@H](Oc2cc(-c3csc(NC(C)C)n3)nc3c(Cl)c(OCC(OC)OC)ccc23)CN1C(=O)[C@@H](NC(=O)O[C@@H]1C[C@@H]2C[C@@H]2C1)C(C)(C)C)C(=O)OC. The predicted octanol–water partition coefficient (Wildman–Crippen LogP) is 6.58. The Morgan fingerprint density at radius 3 is 2.34 bits per heavy atom. The van der Waals surface area contributed by atoms with Crippen molar-refractivity contribution in [1.29, 1.82) is 0 Å². The van der Waals surface area contributed by atoms with Crippen LogP contribution in [0, 0.1) is 23.2 Å². The first-order valence-electron chi connectivity index (χ1n) is 21.4. The number of hydrogen-bond acceptors (Lipinski definition) is 14. The lowest BCUT2D eigenvalue weighted by Crippen LogP contribution is -2.59. The van der Waals surface area contributed by atoms with E-state index in [1.807, 2.05) is 46.9 Å². The third-order valence-corrected chi connectivity index (χ3v) is 13.5. The van der Waals surface area contributed by atoms with E-state index in [2.05, 4.69) is 16.0 Å². The number of benzene rings is 1. The summed E-state index contributed by atoms with van der Waals surface area (Å²) in [5, 5.41) is 12.5. The molecule has 2 aromatic heterocycles. The Kier molecular flexibility index (Phi) is 13.5. The first-order chi connectivity index (χ1) is 29.5. The maximum atomic E-state index is 14.9. The molecule has 0 bridgehead atoms. The van der Waals surface area contributed by atoms with E-state index in [1.54, 1.807) is 18.2 Å². The molecule has 1 aliphatic heterocycles. The number of anilines is 1. The van der Waals surface area contributed by atoms with Gasteiger partial charge in [-0.25, -0.2) is 19.6 Å². The van der Waals surface area contributed by atoms with E-state index in [-0.39, 0.29) is 42.7 Å². The number of carbonyl (C=O) groups is 4. The van der Waals surface area contributed by atoms with Gasteiger partial charge in [0.15, 0.2) is 11.4 Å². The van der Waals surface area contributed by atoms with Gasteiger partial charge in [-0.05, 0) is 74.8 Å². The standard InChI is InChI=1S/C44H59ClN6O10S/c1-10-25-18-44(25,40(54)58-9)50-38(52)31-16-27(19-51(31)39(53)37(43(4,5)6)49-42(55)61-26-14-23-13-24(23)15-26)60-33-17-29(30-21-62-41(48-30)46-22(2)3)47-36-28(33)11-12-32(35(36)45)59-20-34(56-7)57-8/h11-12,17,21-27,31,34,37H,10,13-16,18-20H2,1-9H3,(H,46,48)(H,49,55)(H,50,52)/t23-,24+,25-,26+,27-,31+,37-,44-/m1/s1. The van der Waals surface area contributed by atoms with Gasteiger partial charge in [0.05, 0.1) is 24.9 Å². The summed E-state index contributed by atoms with van der Waals surface area (Å²) in [6.45, 7) is 11.6. The molecule has 3 saturated carbocycles. The monoisotopic (exact) mass is 898 g/mol. The van der Waals surface area contributed by atoms with E-state index in [0.717, 1.165) is 12.8 Å². The molecule has 16 nitrogen and oxygen atoms in total. The minimum atomic E-state index is -1.20. The highest BCUT2D eigenvalue weighted by atomic mass is 35.5. The number of methoxy groups -OCH3 is 3. The van der Waals surface area contributed by atoms with Gasteiger partial charge in [0.2, 0.25) is 11.8 Å². The van der Waals surface area contributed by atoms with Gasteiger partial charge in [-0.3, -0.25) is 9.59 Å². The van der Waals surface area contributed by atoms with Crippen LogP contribution in [0.25, 0.3) is 22.3 Å². The molecule has 7 rings (SSSR count). The molecule has 0 unspecified atom stereocenters. The number of carbonyl (C=O) groups excluding carboxylic acids is 4. The zero-order valence-corrected chi connectivity index (χ0v) is 38.4. The maximum absolute atomic E-state index is 14.9. The second-order valence-electron chi connectivity index (χ2n) is 18.3. The van der Waals surface area contributed by atoms with Crippen LogP contribution in [0.5, 0.6) is 11.5 Å². The fraction of sp³-hybridized carbons (Fsp3) is 0.636. The third-order valence-electron chi connectivity index (χ3n) is 12.4. The van der Waals surface area contributed by atoms with Crippen molar-refractivity contribution >= 4 is 62.8 Å². The number of aromatic nitrogens is 2. The Balaban J connectivity index is 1.22. The number of ether oxygens (including phenoxy) is 6. The number of halogens is 1. The molecule has 1 aromatic carbocycles. The van der Waals surface area contributed by atoms with E-state index in [9.17, 15) is 19.2 Å². The number of pyridine rings is 1. The smallest absolute Gasteiger partial charge is 0.408 e. The summed E-state index contributed by atoms with van der Waals surface area (Å²) >= 11 is 8.46. The van der Waals surface area contributed by atoms with Gasteiger partial charge in [-0.15, -0.1) is 11.3 Å². The van der Waals surface area contributed by atoms with Gasteiger partial charge < -0.3 is 49.3 Å². The number of thiazole rings is 1. The largest absolute Gasteiger partial charge is 0.488 e. The molecular weight excluding hydrogens is 840 g/mol. The summed E-state index contributed by atoms with van der Waals surface area (Å²) < 4.78 is 34.3. The van der Waals surface area contributed by atoms with Crippen molar-refractivity contribution < 1.29 is 47.6 Å². The molecule has 3 heterocycles. The first-order valence-corrected chi connectivity index (χ1v) is 22.6. The van der Waals surface area contributed by atoms with Gasteiger partial charge in [0.1, 0.15) is 58.7 Å². The highest BCUT2D eigenvalue weighted by molar-refractivity contribution is 7.14. The van der Waals surface area contributed by atoms with E-state index >= 15 is 0 Å². The first kappa shape index (κ1) is 45.6. The number of amides is 3. The zero-order valence-electron chi connectivity index (χ0n) is 36.9. The van der Waals surface area contributed by atoms with Crippen LogP contribution < -0.4 is 25.4 Å². The molecule has 3 aliphatic carbocycles. The third kappa shape index (κ3) is 9.70. The van der Waals surface area contributed by atoms with Crippen LogP contribution in [0.4, 0.5) is 9.93 Å². The van der Waals surface area contributed by atoms with Crippen LogP contribution in [0.15, 0.2) is 23.6 Å². The number of nitrogens with zero attached hydrogens (tertiary/aromatic N) is 3. The number of nitrogens with one attached hydrogen (secondary N) is 3. The second-order valence-corrected chi connectivity index (χ2v) is 19.5. The number of esters is 1. The van der Waals surface area contributed by atoms with E-state index in [0.29, 0.717) is 63.6 Å². The van der Waals surface area contributed by atoms with Crippen LogP contribution in [0.3, 0.4) is 0 Å². The molecular formula is C44H59ClN6O10S. The number of likely N-dealkylation sites (tertiary alicyclic amines) is 1. The van der Waals surface area contributed by atoms with Crippen LogP contribution in [-0.2, 0) is 33.3 Å². The van der Waals surface area contributed by atoms with Crippen molar-refractivity contribution in [3.8, 4) is 22.9 Å². The fourth-order valence-corrected chi connectivity index (χ4v) is 9.95. The average molecular weight is 900 g/mol. The van der Waals surface area contributed by atoms with Crippen LogP contribution >= 0.6 is 22.9 Å². The quantitative estimate of drug-likeness (QED) is 0.0976. The lowest BCUT2D eigenvalue weighted by atomic mass is 9.85. The molecule has 0 spiro atoms. The highest BCUT2D eigenvalue weighted by Gasteiger charge is 2.62. The van der Waals surface area contributed by atoms with Gasteiger partial charge in [0, 0.05) is 43.5 Å². The molecule has 4 fully saturated rings. The Labute approximate surface area is 371 Å². The van der Waals surface area contributed by atoms with Crippen molar-refractivity contribution in [2.75, 3.05) is 39.8 Å². The zero-order chi connectivity index (χ0) is 44.7. The van der Waals surface area contributed by atoms with Gasteiger partial charge >= 0.3 is 12.1 Å². The van der Waals surface area contributed by atoms with E-state index in [1.165, 1.54) is 44.0 Å². The molecule has 1 saturated heterocycles. The van der Waals surface area contributed by atoms with E-state index in [4.69, 9.17) is 50.0 Å². The summed E-state index contributed by atoms with van der Waals surface area (Å²) in [7, 11) is 4.31. The van der Waals surface area contributed by atoms with Crippen LogP contribution in [-0.4, -0.2) is 115 Å². The fourth-order valence-electron chi connectivity index (χ4n) is 8.83. The Bertz CT molecular complexity index is 2150. The molecule has 0 radical (unpaired) electrons. The molecule has 338 valence electrons. The van der Waals surface area contributed by atoms with Crippen molar-refractivity contribution in [3.05, 3.63) is 28.6 Å². The molecule has 3 amide bonds. The van der Waals surface area contributed by atoms with Crippen LogP contribution in [0.2, 0.25) is 5.02 Å². The minimum absolute atomic E-state index is 0.0166. The molecule has 8 atom stereocenters. The van der Waals surface area contributed by atoms with Crippen molar-refractivity contribution in [2.45, 2.75) is 122 Å². The summed E-state index contributed by atoms with van der Waals surface area (Å²) in [5.74, 6) is 0.289. The van der Waals surface area contributed by atoms with E-state index < -0.39 is 59.3 Å². The van der Waals surface area contributed by atoms with Crippen molar-refractivity contribution in [2.24, 2.45) is 23.2 Å². The number of alkyl carbamates (subject to hydrolysis) is 1. The van der Waals surface area contributed by atoms with Gasteiger partial charge in [-0.2, -0.15) is 0 Å². The molecule has 4 aliphatic rings. The van der Waals surface area contributed by atoms with Crippen molar-refractivity contribution in [3.63, 3.8) is 0 Å². The lowest BCUT2D eigenvalue weighted by Gasteiger charge is -2.35. The van der Waals surface area contributed by atoms with Crippen LogP contribution in [0.1, 0.15) is 80.1 Å². The summed E-state index contributed by atoms with van der Waals surface area (Å²) in [6, 6.07) is 3.28. The highest BCUT2D eigenvalue weighted by Crippen LogP contribution is 2.52. The molecule has 18 heteroatoms. The Hall–Kier alpha value is -4.45. The molecule has 3 N–H and O–H groups in total. The van der Waals surface area contributed by atoms with Gasteiger partial charge in [0.25, 0.3) is 0 Å². The Morgan fingerprint density at radius 2 is 1.71 bits per heavy atom. The maximum Gasteiger partial charge on any atom is 0.408 e. The minimum Gasteiger partial charge on any atom is -0.488 e. The summed E-state index contributed by atoms with van der Waals surface area (Å²) in [4.78, 5) is 66.9. The second kappa shape index (κ2) is 18.3. The molecule has 62 heavy (non-hydrogen) atoms. The average Bonchev–Trinajstić information content (AvgIpc) is 3.89. The predicted molar refractivity (Wildman–Crippen MR) is 233 cm³/mol. The number of rotatable bonds is 17. The summed E-state index contributed by atoms with van der Waals surface area (Å²) in [5.41, 5.74) is -0.543. The summed E-state index contributed by atoms with van der Waals surface area (Å²) in [6.07, 6.45) is 1.74. The Morgan fingerprint density at radius 1 is 0.984 bits per heavy atom.